The van der Waals surface area contributed by atoms with Crippen molar-refractivity contribution in [3.05, 3.63) is 41.7 Å². The highest BCUT2D eigenvalue weighted by Crippen LogP contribution is 2.28. The molecule has 0 spiro atoms. The molecule has 0 aliphatic carbocycles. The van der Waals surface area contributed by atoms with Gasteiger partial charge in [-0.15, -0.1) is 0 Å². The van der Waals surface area contributed by atoms with Gasteiger partial charge in [-0.3, -0.25) is 4.79 Å². The second-order valence-electron chi connectivity index (χ2n) is 8.39. The zero-order valence-corrected chi connectivity index (χ0v) is 17.6. The Morgan fingerprint density at radius 2 is 1.63 bits per heavy atom. The number of amides is 1. The lowest BCUT2D eigenvalue weighted by molar-refractivity contribution is -0.139. The highest BCUT2D eigenvalue weighted by molar-refractivity contribution is 5.82. The molecule has 1 amide bonds. The van der Waals surface area contributed by atoms with Crippen LogP contribution in [0.5, 0.6) is 5.75 Å². The van der Waals surface area contributed by atoms with E-state index in [9.17, 15) is 4.79 Å². The first kappa shape index (κ1) is 19.2. The van der Waals surface area contributed by atoms with Gasteiger partial charge in [0.25, 0.3) is 5.91 Å². The number of carbonyl (C=O) groups excluding carboxylic acids is 1. The highest BCUT2D eigenvalue weighted by Gasteiger charge is 2.32. The van der Waals surface area contributed by atoms with E-state index < -0.39 is 0 Å². The van der Waals surface area contributed by atoms with E-state index in [0.717, 1.165) is 62.2 Å². The molecule has 0 N–H and O–H groups in total. The van der Waals surface area contributed by atoms with E-state index in [1.807, 2.05) is 30.0 Å². The van der Waals surface area contributed by atoms with Crippen molar-refractivity contribution >= 4 is 17.5 Å². The summed E-state index contributed by atoms with van der Waals surface area (Å²) in [5.74, 6) is 3.77. The topological polar surface area (TPSA) is 61.8 Å². The summed E-state index contributed by atoms with van der Waals surface area (Å²) >= 11 is 0. The SMILES string of the molecule is Cc1nc(N2CCCC2)cc(N2CCN(C(=O)C3CCc4ccccc4O3)CC2)n1. The molecule has 7 heteroatoms. The van der Waals surface area contributed by atoms with E-state index in [1.54, 1.807) is 0 Å². The summed E-state index contributed by atoms with van der Waals surface area (Å²) in [5.41, 5.74) is 1.19. The molecule has 3 aliphatic heterocycles. The Labute approximate surface area is 177 Å². The van der Waals surface area contributed by atoms with Gasteiger partial charge in [-0.05, 0) is 44.2 Å². The minimum Gasteiger partial charge on any atom is -0.480 e. The lowest BCUT2D eigenvalue weighted by atomic mass is 10.0. The number of carbonyl (C=O) groups is 1. The van der Waals surface area contributed by atoms with E-state index in [1.165, 1.54) is 18.4 Å². The average Bonchev–Trinajstić information content (AvgIpc) is 3.33. The molecular weight excluding hydrogens is 378 g/mol. The molecule has 0 bridgehead atoms. The summed E-state index contributed by atoms with van der Waals surface area (Å²) in [6.45, 7) is 7.06. The van der Waals surface area contributed by atoms with Gasteiger partial charge in [0.2, 0.25) is 0 Å². The fraction of sp³-hybridized carbons (Fsp3) is 0.522. The summed E-state index contributed by atoms with van der Waals surface area (Å²) < 4.78 is 6.02. The van der Waals surface area contributed by atoms with Crippen LogP contribution in [-0.2, 0) is 11.2 Å². The Bertz CT molecular complexity index is 920. The van der Waals surface area contributed by atoms with E-state index in [2.05, 4.69) is 31.9 Å². The number of fused-ring (bicyclic) bond motifs is 1. The molecule has 1 unspecified atom stereocenters. The lowest BCUT2D eigenvalue weighted by Gasteiger charge is -2.38. The lowest BCUT2D eigenvalue weighted by Crippen LogP contribution is -2.53. The van der Waals surface area contributed by atoms with Crippen molar-refractivity contribution < 1.29 is 9.53 Å². The summed E-state index contributed by atoms with van der Waals surface area (Å²) in [4.78, 5) is 28.9. The Morgan fingerprint density at radius 3 is 2.37 bits per heavy atom. The fourth-order valence-electron chi connectivity index (χ4n) is 4.66. The van der Waals surface area contributed by atoms with Crippen LogP contribution in [0.25, 0.3) is 0 Å². The average molecular weight is 408 g/mol. The number of aryl methyl sites for hydroxylation is 2. The van der Waals surface area contributed by atoms with E-state index in [4.69, 9.17) is 4.74 Å². The monoisotopic (exact) mass is 407 g/mol. The molecule has 4 heterocycles. The normalized spacial score (nSPS) is 21.4. The molecule has 2 fully saturated rings. The molecule has 5 rings (SSSR count). The number of benzene rings is 1. The maximum atomic E-state index is 13.0. The molecule has 1 atom stereocenters. The second kappa shape index (κ2) is 8.13. The number of hydrogen-bond acceptors (Lipinski definition) is 6. The third-order valence-corrected chi connectivity index (χ3v) is 6.35. The van der Waals surface area contributed by atoms with Crippen LogP contribution in [0.1, 0.15) is 30.7 Å². The first-order valence-corrected chi connectivity index (χ1v) is 11.1. The quantitative estimate of drug-likeness (QED) is 0.779. The van der Waals surface area contributed by atoms with Gasteiger partial charge in [-0.1, -0.05) is 18.2 Å². The van der Waals surface area contributed by atoms with Crippen LogP contribution < -0.4 is 14.5 Å². The molecular formula is C23H29N5O2. The first-order valence-electron chi connectivity index (χ1n) is 11.1. The van der Waals surface area contributed by atoms with E-state index in [0.29, 0.717) is 13.1 Å². The van der Waals surface area contributed by atoms with Crippen LogP contribution in [0, 0.1) is 6.92 Å². The summed E-state index contributed by atoms with van der Waals surface area (Å²) in [7, 11) is 0. The van der Waals surface area contributed by atoms with Crippen LogP contribution >= 0.6 is 0 Å². The van der Waals surface area contributed by atoms with Crippen LogP contribution in [0.3, 0.4) is 0 Å². The maximum Gasteiger partial charge on any atom is 0.263 e. The van der Waals surface area contributed by atoms with Crippen molar-refractivity contribution in [1.29, 1.82) is 0 Å². The number of para-hydroxylation sites is 1. The van der Waals surface area contributed by atoms with Crippen molar-refractivity contribution in [2.24, 2.45) is 0 Å². The number of rotatable bonds is 3. The molecule has 1 aromatic heterocycles. The summed E-state index contributed by atoms with van der Waals surface area (Å²) in [6.07, 6.45) is 3.74. The zero-order chi connectivity index (χ0) is 20.5. The number of hydrogen-bond donors (Lipinski definition) is 0. The van der Waals surface area contributed by atoms with E-state index >= 15 is 0 Å². The fourth-order valence-corrected chi connectivity index (χ4v) is 4.66. The molecule has 3 aliphatic rings. The number of anilines is 2. The Balaban J connectivity index is 1.22. The molecule has 0 radical (unpaired) electrons. The first-order chi connectivity index (χ1) is 14.7. The molecule has 158 valence electrons. The molecule has 0 saturated carbocycles. The molecule has 1 aromatic carbocycles. The van der Waals surface area contributed by atoms with Crippen molar-refractivity contribution in [3.8, 4) is 5.75 Å². The number of nitrogens with zero attached hydrogens (tertiary/aromatic N) is 5. The summed E-state index contributed by atoms with van der Waals surface area (Å²) in [5, 5.41) is 0. The van der Waals surface area contributed by atoms with E-state index in [-0.39, 0.29) is 12.0 Å². The highest BCUT2D eigenvalue weighted by atomic mass is 16.5. The second-order valence-corrected chi connectivity index (χ2v) is 8.39. The van der Waals surface area contributed by atoms with Gasteiger partial charge < -0.3 is 19.4 Å². The predicted octanol–water partition coefficient (Wildman–Crippen LogP) is 2.43. The zero-order valence-electron chi connectivity index (χ0n) is 17.6. The van der Waals surface area contributed by atoms with Crippen molar-refractivity contribution in [3.63, 3.8) is 0 Å². The minimum absolute atomic E-state index is 0.112. The Kier molecular flexibility index (Phi) is 5.19. The predicted molar refractivity (Wildman–Crippen MR) is 116 cm³/mol. The van der Waals surface area contributed by atoms with Gasteiger partial charge in [-0.2, -0.15) is 0 Å². The van der Waals surface area contributed by atoms with Gasteiger partial charge in [0, 0.05) is 45.3 Å². The minimum atomic E-state index is -0.366. The van der Waals surface area contributed by atoms with Gasteiger partial charge >= 0.3 is 0 Å². The van der Waals surface area contributed by atoms with Gasteiger partial charge in [-0.25, -0.2) is 9.97 Å². The summed E-state index contributed by atoms with van der Waals surface area (Å²) in [6, 6.07) is 10.1. The molecule has 2 saturated heterocycles. The third-order valence-electron chi connectivity index (χ3n) is 6.35. The van der Waals surface area contributed by atoms with Gasteiger partial charge in [0.1, 0.15) is 23.2 Å². The number of piperazine rings is 1. The van der Waals surface area contributed by atoms with Crippen LogP contribution in [0.2, 0.25) is 0 Å². The molecule has 30 heavy (non-hydrogen) atoms. The number of ether oxygens (including phenoxy) is 1. The smallest absolute Gasteiger partial charge is 0.263 e. The standard InChI is InChI=1S/C23H29N5O2/c1-17-24-21(26-10-4-5-11-26)16-22(25-17)27-12-14-28(15-13-27)23(29)20-9-8-18-6-2-3-7-19(18)30-20/h2-3,6-7,16,20H,4-5,8-15H2,1H3. The van der Waals surface area contributed by atoms with Crippen molar-refractivity contribution in [1.82, 2.24) is 14.9 Å². The maximum absolute atomic E-state index is 13.0. The Morgan fingerprint density at radius 1 is 0.967 bits per heavy atom. The van der Waals surface area contributed by atoms with Crippen molar-refractivity contribution in [2.75, 3.05) is 49.1 Å². The largest absolute Gasteiger partial charge is 0.480 e. The molecule has 2 aromatic rings. The van der Waals surface area contributed by atoms with Crippen molar-refractivity contribution in [2.45, 2.75) is 38.7 Å². The van der Waals surface area contributed by atoms with Gasteiger partial charge in [0.15, 0.2) is 6.10 Å². The number of aromatic nitrogens is 2. The van der Waals surface area contributed by atoms with Gasteiger partial charge in [0.05, 0.1) is 0 Å². The Hall–Kier alpha value is -2.83. The van der Waals surface area contributed by atoms with Crippen LogP contribution in [0.4, 0.5) is 11.6 Å². The third kappa shape index (κ3) is 3.80. The molecule has 7 nitrogen and oxygen atoms in total. The van der Waals surface area contributed by atoms with Crippen LogP contribution in [-0.4, -0.2) is 66.1 Å². The van der Waals surface area contributed by atoms with Crippen LogP contribution in [0.15, 0.2) is 30.3 Å².